The highest BCUT2D eigenvalue weighted by Gasteiger charge is 2.35. The second-order valence-electron chi connectivity index (χ2n) is 8.91. The molecule has 0 atom stereocenters. The standard InChI is InChI=1S/C27H27F2N5O3S/c1-5-33-16-22(19-11-13-30-14-12-19)27(31-33)21-7-6-8-24(18(21)2)34(26(35)17-32(3)4)38(36,37)25-15-20(28)9-10-23(25)29/h6-16H,5,17H2,1-4H3. The molecule has 0 saturated carbocycles. The van der Waals surface area contributed by atoms with Gasteiger partial charge < -0.3 is 4.90 Å². The summed E-state index contributed by atoms with van der Waals surface area (Å²) < 4.78 is 58.4. The smallest absolute Gasteiger partial charge is 0.273 e. The first-order chi connectivity index (χ1) is 18.0. The van der Waals surface area contributed by atoms with E-state index in [-0.39, 0.29) is 12.2 Å². The number of anilines is 1. The van der Waals surface area contributed by atoms with Crippen LogP contribution in [0.2, 0.25) is 0 Å². The fourth-order valence-electron chi connectivity index (χ4n) is 4.13. The molecule has 0 fully saturated rings. The van der Waals surface area contributed by atoms with Gasteiger partial charge in [0.15, 0.2) is 0 Å². The minimum Gasteiger partial charge on any atom is -0.301 e. The number of nitrogens with zero attached hydrogens (tertiary/aromatic N) is 5. The highest BCUT2D eigenvalue weighted by atomic mass is 32.2. The van der Waals surface area contributed by atoms with Crippen LogP contribution in [0.15, 0.2) is 72.0 Å². The van der Waals surface area contributed by atoms with Crippen molar-refractivity contribution in [2.75, 3.05) is 24.9 Å². The predicted molar refractivity (Wildman–Crippen MR) is 141 cm³/mol. The van der Waals surface area contributed by atoms with Crippen molar-refractivity contribution in [3.63, 3.8) is 0 Å². The Morgan fingerprint density at radius 3 is 2.39 bits per heavy atom. The lowest BCUT2D eigenvalue weighted by Crippen LogP contribution is -2.42. The number of pyridine rings is 1. The van der Waals surface area contributed by atoms with Gasteiger partial charge in [-0.25, -0.2) is 21.5 Å². The number of likely N-dealkylation sites (N-methyl/N-ethyl adjacent to an activating group) is 1. The van der Waals surface area contributed by atoms with Crippen LogP contribution < -0.4 is 4.31 Å². The van der Waals surface area contributed by atoms with E-state index in [2.05, 4.69) is 4.98 Å². The number of aromatic nitrogens is 3. The van der Waals surface area contributed by atoms with E-state index in [0.717, 1.165) is 23.3 Å². The van der Waals surface area contributed by atoms with Gasteiger partial charge in [-0.15, -0.1) is 0 Å². The summed E-state index contributed by atoms with van der Waals surface area (Å²) in [5, 5.41) is 4.70. The number of amides is 1. The highest BCUT2D eigenvalue weighted by Crippen LogP contribution is 2.38. The van der Waals surface area contributed by atoms with Crippen molar-refractivity contribution in [1.82, 2.24) is 19.7 Å². The van der Waals surface area contributed by atoms with E-state index in [0.29, 0.717) is 33.7 Å². The highest BCUT2D eigenvalue weighted by molar-refractivity contribution is 7.93. The lowest BCUT2D eigenvalue weighted by atomic mass is 9.98. The molecule has 0 aliphatic carbocycles. The van der Waals surface area contributed by atoms with E-state index < -0.39 is 32.5 Å². The Morgan fingerprint density at radius 1 is 1.03 bits per heavy atom. The van der Waals surface area contributed by atoms with Gasteiger partial charge in [0.05, 0.1) is 12.2 Å². The number of carbonyl (C=O) groups is 1. The molecule has 0 bridgehead atoms. The molecule has 0 aliphatic rings. The molecule has 1 amide bonds. The molecule has 0 saturated heterocycles. The van der Waals surface area contributed by atoms with Crippen molar-refractivity contribution >= 4 is 21.6 Å². The Hall–Kier alpha value is -3.96. The van der Waals surface area contributed by atoms with Crippen LogP contribution in [0.5, 0.6) is 0 Å². The number of hydrogen-bond donors (Lipinski definition) is 0. The molecule has 198 valence electrons. The molecular weight excluding hydrogens is 512 g/mol. The number of hydrogen-bond acceptors (Lipinski definition) is 6. The summed E-state index contributed by atoms with van der Waals surface area (Å²) >= 11 is 0. The first kappa shape index (κ1) is 27.1. The Balaban J connectivity index is 1.95. The molecule has 4 aromatic rings. The van der Waals surface area contributed by atoms with Crippen molar-refractivity contribution in [1.29, 1.82) is 0 Å². The molecule has 2 aromatic heterocycles. The fourth-order valence-corrected chi connectivity index (χ4v) is 5.69. The SMILES string of the molecule is CCn1cc(-c2ccncc2)c(-c2cccc(N(C(=O)CN(C)C)S(=O)(=O)c3cc(F)ccc3F)c2C)n1. The lowest BCUT2D eigenvalue weighted by Gasteiger charge is -2.26. The van der Waals surface area contributed by atoms with E-state index in [1.807, 2.05) is 25.3 Å². The molecule has 0 aliphatic heterocycles. The monoisotopic (exact) mass is 539 g/mol. The van der Waals surface area contributed by atoms with Crippen LogP contribution in [0.4, 0.5) is 14.5 Å². The quantitative estimate of drug-likeness (QED) is 0.328. The zero-order valence-corrected chi connectivity index (χ0v) is 22.2. The van der Waals surface area contributed by atoms with Gasteiger partial charge in [-0.05, 0) is 75.5 Å². The second-order valence-corrected chi connectivity index (χ2v) is 10.7. The van der Waals surface area contributed by atoms with Crippen LogP contribution >= 0.6 is 0 Å². The van der Waals surface area contributed by atoms with Gasteiger partial charge in [0.1, 0.15) is 22.2 Å². The van der Waals surface area contributed by atoms with E-state index in [9.17, 15) is 22.0 Å². The average molecular weight is 540 g/mol. The topological polar surface area (TPSA) is 88.4 Å². The Bertz CT molecular complexity index is 1590. The van der Waals surface area contributed by atoms with Crippen LogP contribution in [0.25, 0.3) is 22.4 Å². The van der Waals surface area contributed by atoms with E-state index in [1.54, 1.807) is 50.2 Å². The molecule has 2 aromatic carbocycles. The normalized spacial score (nSPS) is 11.7. The molecule has 0 spiro atoms. The zero-order valence-electron chi connectivity index (χ0n) is 21.4. The first-order valence-electron chi connectivity index (χ1n) is 11.8. The third kappa shape index (κ3) is 5.20. The lowest BCUT2D eigenvalue weighted by molar-refractivity contribution is -0.118. The van der Waals surface area contributed by atoms with Gasteiger partial charge in [0.25, 0.3) is 15.9 Å². The van der Waals surface area contributed by atoms with Gasteiger partial charge in [-0.3, -0.25) is 14.5 Å². The summed E-state index contributed by atoms with van der Waals surface area (Å²) in [5.41, 5.74) is 3.25. The van der Waals surface area contributed by atoms with Crippen LogP contribution in [0, 0.1) is 18.6 Å². The van der Waals surface area contributed by atoms with Crippen molar-refractivity contribution < 1.29 is 22.0 Å². The van der Waals surface area contributed by atoms with Gasteiger partial charge in [0.2, 0.25) is 0 Å². The third-order valence-electron chi connectivity index (χ3n) is 5.95. The maximum atomic E-state index is 14.7. The van der Waals surface area contributed by atoms with E-state index in [4.69, 9.17) is 5.10 Å². The molecule has 8 nitrogen and oxygen atoms in total. The van der Waals surface area contributed by atoms with Gasteiger partial charge in [0, 0.05) is 36.3 Å². The van der Waals surface area contributed by atoms with E-state index >= 15 is 0 Å². The van der Waals surface area contributed by atoms with Crippen molar-refractivity contribution in [2.24, 2.45) is 0 Å². The van der Waals surface area contributed by atoms with Crippen LogP contribution in [0.3, 0.4) is 0 Å². The Kier molecular flexibility index (Phi) is 7.70. The number of rotatable bonds is 8. The minimum absolute atomic E-state index is 0.0183. The van der Waals surface area contributed by atoms with Crippen LogP contribution in [0.1, 0.15) is 12.5 Å². The number of benzene rings is 2. The molecule has 38 heavy (non-hydrogen) atoms. The van der Waals surface area contributed by atoms with Crippen molar-refractivity contribution in [3.8, 4) is 22.4 Å². The molecule has 2 heterocycles. The molecule has 4 rings (SSSR count). The van der Waals surface area contributed by atoms with Crippen molar-refractivity contribution in [2.45, 2.75) is 25.3 Å². The number of halogens is 2. The summed E-state index contributed by atoms with van der Waals surface area (Å²) in [5.74, 6) is -2.93. The summed E-state index contributed by atoms with van der Waals surface area (Å²) in [4.78, 5) is 18.0. The minimum atomic E-state index is -4.83. The predicted octanol–water partition coefficient (Wildman–Crippen LogP) is 4.50. The summed E-state index contributed by atoms with van der Waals surface area (Å²) in [7, 11) is -1.62. The fraction of sp³-hybridized carbons (Fsp3) is 0.222. The first-order valence-corrected chi connectivity index (χ1v) is 13.2. The molecule has 11 heteroatoms. The number of carbonyl (C=O) groups excluding carboxylic acids is 1. The molecular formula is C27H27F2N5O3S. The number of aryl methyl sites for hydroxylation is 1. The van der Waals surface area contributed by atoms with Crippen LogP contribution in [-0.4, -0.2) is 54.6 Å². The largest absolute Gasteiger partial charge is 0.301 e. The molecule has 0 radical (unpaired) electrons. The summed E-state index contributed by atoms with van der Waals surface area (Å²) in [6.07, 6.45) is 5.20. The second kappa shape index (κ2) is 10.8. The maximum absolute atomic E-state index is 14.7. The van der Waals surface area contributed by atoms with Gasteiger partial charge in [-0.2, -0.15) is 5.10 Å². The molecule has 0 N–H and O–H groups in total. The maximum Gasteiger partial charge on any atom is 0.273 e. The third-order valence-corrected chi connectivity index (χ3v) is 7.70. The van der Waals surface area contributed by atoms with Gasteiger partial charge >= 0.3 is 0 Å². The molecule has 0 unspecified atom stereocenters. The zero-order chi connectivity index (χ0) is 27.6. The Labute approximate surface area is 220 Å². The van der Waals surface area contributed by atoms with Crippen molar-refractivity contribution in [3.05, 3.63) is 84.3 Å². The Morgan fingerprint density at radius 2 is 1.74 bits per heavy atom. The average Bonchev–Trinajstić information content (AvgIpc) is 3.31. The van der Waals surface area contributed by atoms with Crippen LogP contribution in [-0.2, 0) is 21.4 Å². The summed E-state index contributed by atoms with van der Waals surface area (Å²) in [6.45, 7) is 3.92. The van der Waals surface area contributed by atoms with E-state index in [1.165, 1.54) is 11.0 Å². The summed E-state index contributed by atoms with van der Waals surface area (Å²) in [6, 6.07) is 10.6. The number of sulfonamides is 1. The van der Waals surface area contributed by atoms with Gasteiger partial charge in [-0.1, -0.05) is 12.1 Å².